The van der Waals surface area contributed by atoms with Crippen LogP contribution >= 0.6 is 24.0 Å². The summed E-state index contributed by atoms with van der Waals surface area (Å²) in [6, 6.07) is 5.53. The van der Waals surface area contributed by atoms with Crippen molar-refractivity contribution in [2.45, 2.75) is 26.7 Å². The number of para-hydroxylation sites is 1. The van der Waals surface area contributed by atoms with Gasteiger partial charge >= 0.3 is 0 Å². The average molecular weight is 407 g/mol. The molecule has 1 aromatic rings. The Balaban J connectivity index is 0.00000400. The van der Waals surface area contributed by atoms with E-state index in [1.165, 1.54) is 0 Å². The summed E-state index contributed by atoms with van der Waals surface area (Å²) in [5.41, 5.74) is 0.864. The molecular weight excluding hydrogens is 381 g/mol. The number of methoxy groups -OCH3 is 1. The zero-order chi connectivity index (χ0) is 14.8. The summed E-state index contributed by atoms with van der Waals surface area (Å²) in [7, 11) is 1.55. The molecule has 120 valence electrons. The predicted octanol–water partition coefficient (Wildman–Crippen LogP) is 2.53. The third-order valence-corrected chi connectivity index (χ3v) is 2.83. The monoisotopic (exact) mass is 407 g/mol. The lowest BCUT2D eigenvalue weighted by molar-refractivity contribution is 0.370. The highest BCUT2D eigenvalue weighted by molar-refractivity contribution is 14.0. The van der Waals surface area contributed by atoms with Crippen LogP contribution < -0.4 is 15.4 Å². The number of hydrogen-bond acceptors (Lipinski definition) is 3. The van der Waals surface area contributed by atoms with Crippen molar-refractivity contribution >= 4 is 29.9 Å². The van der Waals surface area contributed by atoms with Crippen molar-refractivity contribution in [2.75, 3.05) is 26.7 Å². The second kappa shape index (κ2) is 11.5. The van der Waals surface area contributed by atoms with Crippen LogP contribution in [0.5, 0.6) is 11.5 Å². The first-order valence-electron chi connectivity index (χ1n) is 7.09. The van der Waals surface area contributed by atoms with Crippen LogP contribution in [0.15, 0.2) is 23.2 Å². The van der Waals surface area contributed by atoms with E-state index in [-0.39, 0.29) is 29.7 Å². The molecule has 3 N–H and O–H groups in total. The molecule has 0 bridgehead atoms. The molecule has 21 heavy (non-hydrogen) atoms. The first-order chi connectivity index (χ1) is 9.72. The van der Waals surface area contributed by atoms with Crippen LogP contribution in [-0.2, 0) is 6.42 Å². The van der Waals surface area contributed by atoms with Crippen LogP contribution in [0, 0.1) is 0 Å². The minimum Gasteiger partial charge on any atom is -0.504 e. The third kappa shape index (κ3) is 6.88. The number of guanidine groups is 1. The lowest BCUT2D eigenvalue weighted by atomic mass is 10.1. The fourth-order valence-corrected chi connectivity index (χ4v) is 1.82. The van der Waals surface area contributed by atoms with Crippen LogP contribution in [0.2, 0.25) is 0 Å². The van der Waals surface area contributed by atoms with Crippen LogP contribution in [0.25, 0.3) is 0 Å². The van der Waals surface area contributed by atoms with Crippen LogP contribution in [0.3, 0.4) is 0 Å². The van der Waals surface area contributed by atoms with Crippen LogP contribution in [-0.4, -0.2) is 37.8 Å². The van der Waals surface area contributed by atoms with Gasteiger partial charge in [0, 0.05) is 19.6 Å². The molecule has 5 nitrogen and oxygen atoms in total. The van der Waals surface area contributed by atoms with E-state index in [1.54, 1.807) is 13.2 Å². The Kier molecular flexibility index (Phi) is 10.8. The molecule has 0 unspecified atom stereocenters. The largest absolute Gasteiger partial charge is 0.504 e. The van der Waals surface area contributed by atoms with Gasteiger partial charge in [-0.1, -0.05) is 19.1 Å². The summed E-state index contributed by atoms with van der Waals surface area (Å²) in [5, 5.41) is 16.4. The standard InChI is InChI=1S/C15H25N3O2.HI/c1-4-10-17-15(16-5-2)18-11-9-12-7-6-8-13(20-3)14(12)19;/h6-8,19H,4-5,9-11H2,1-3H3,(H2,16,17,18);1H. The minimum atomic E-state index is 0. The van der Waals surface area contributed by atoms with Crippen molar-refractivity contribution in [3.05, 3.63) is 23.8 Å². The summed E-state index contributed by atoms with van der Waals surface area (Å²) in [5.74, 6) is 1.54. The van der Waals surface area contributed by atoms with Crippen LogP contribution in [0.1, 0.15) is 25.8 Å². The summed E-state index contributed by atoms with van der Waals surface area (Å²) in [4.78, 5) is 4.43. The number of aliphatic imine (C=N–C) groups is 1. The highest BCUT2D eigenvalue weighted by Crippen LogP contribution is 2.29. The zero-order valence-corrected chi connectivity index (χ0v) is 15.3. The Hall–Kier alpha value is -1.18. The first-order valence-corrected chi connectivity index (χ1v) is 7.09. The summed E-state index contributed by atoms with van der Waals surface area (Å²) in [6.07, 6.45) is 1.73. The molecule has 0 atom stereocenters. The Morgan fingerprint density at radius 2 is 2.05 bits per heavy atom. The van der Waals surface area contributed by atoms with E-state index in [1.807, 2.05) is 19.1 Å². The van der Waals surface area contributed by atoms with Gasteiger partial charge in [-0.15, -0.1) is 24.0 Å². The van der Waals surface area contributed by atoms with Gasteiger partial charge in [-0.2, -0.15) is 0 Å². The fourth-order valence-electron chi connectivity index (χ4n) is 1.82. The number of aromatic hydroxyl groups is 1. The second-order valence-electron chi connectivity index (χ2n) is 4.41. The van der Waals surface area contributed by atoms with E-state index in [9.17, 15) is 5.11 Å². The third-order valence-electron chi connectivity index (χ3n) is 2.83. The molecule has 0 radical (unpaired) electrons. The number of hydrogen-bond donors (Lipinski definition) is 3. The van der Waals surface area contributed by atoms with E-state index in [4.69, 9.17) is 4.74 Å². The molecule has 1 rings (SSSR count). The highest BCUT2D eigenvalue weighted by Gasteiger charge is 2.07. The van der Waals surface area contributed by atoms with E-state index in [0.29, 0.717) is 18.7 Å². The lowest BCUT2D eigenvalue weighted by Gasteiger charge is -2.12. The average Bonchev–Trinajstić information content (AvgIpc) is 2.46. The van der Waals surface area contributed by atoms with Crippen molar-refractivity contribution in [3.8, 4) is 11.5 Å². The maximum atomic E-state index is 10.0. The van der Waals surface area contributed by atoms with Crippen LogP contribution in [0.4, 0.5) is 0 Å². The van der Waals surface area contributed by atoms with E-state index in [0.717, 1.165) is 31.0 Å². The van der Waals surface area contributed by atoms with Gasteiger partial charge in [0.1, 0.15) is 0 Å². The molecule has 0 aliphatic rings. The summed E-state index contributed by atoms with van der Waals surface area (Å²) >= 11 is 0. The van der Waals surface area contributed by atoms with Gasteiger partial charge in [0.2, 0.25) is 0 Å². The van der Waals surface area contributed by atoms with Gasteiger partial charge in [-0.05, 0) is 31.4 Å². The van der Waals surface area contributed by atoms with Gasteiger partial charge in [0.25, 0.3) is 0 Å². The maximum absolute atomic E-state index is 10.0. The molecule has 0 fully saturated rings. The fraction of sp³-hybridized carbons (Fsp3) is 0.533. The summed E-state index contributed by atoms with van der Waals surface area (Å²) < 4.78 is 5.10. The number of ether oxygens (including phenoxy) is 1. The SMILES string of the molecule is CCCN=C(NCC)NCCc1cccc(OC)c1O.I. The van der Waals surface area contributed by atoms with Crippen molar-refractivity contribution in [2.24, 2.45) is 4.99 Å². The van der Waals surface area contributed by atoms with Gasteiger partial charge in [-0.25, -0.2) is 0 Å². The number of benzene rings is 1. The molecule has 0 aliphatic heterocycles. The number of halogens is 1. The smallest absolute Gasteiger partial charge is 0.191 e. The molecular formula is C15H26IN3O2. The van der Waals surface area contributed by atoms with Gasteiger partial charge in [0.15, 0.2) is 17.5 Å². The number of phenols is 1. The number of phenolic OH excluding ortho intramolecular Hbond substituents is 1. The van der Waals surface area contributed by atoms with E-state index in [2.05, 4.69) is 22.5 Å². The van der Waals surface area contributed by atoms with E-state index >= 15 is 0 Å². The molecule has 0 spiro atoms. The maximum Gasteiger partial charge on any atom is 0.191 e. The molecule has 0 aliphatic carbocycles. The minimum absolute atomic E-state index is 0. The summed E-state index contributed by atoms with van der Waals surface area (Å²) in [6.45, 7) is 6.48. The number of rotatable bonds is 7. The topological polar surface area (TPSA) is 65.9 Å². The second-order valence-corrected chi connectivity index (χ2v) is 4.41. The highest BCUT2D eigenvalue weighted by atomic mass is 127. The number of nitrogens with zero attached hydrogens (tertiary/aromatic N) is 1. The van der Waals surface area contributed by atoms with Crippen molar-refractivity contribution in [1.29, 1.82) is 0 Å². The lowest BCUT2D eigenvalue weighted by Crippen LogP contribution is -2.38. The molecule has 0 saturated heterocycles. The van der Waals surface area contributed by atoms with E-state index < -0.39 is 0 Å². The molecule has 0 saturated carbocycles. The van der Waals surface area contributed by atoms with Gasteiger partial charge in [-0.3, -0.25) is 4.99 Å². The molecule has 6 heteroatoms. The molecule has 1 aromatic carbocycles. The first kappa shape index (κ1) is 19.8. The van der Waals surface area contributed by atoms with Gasteiger partial charge in [0.05, 0.1) is 7.11 Å². The Morgan fingerprint density at radius 1 is 1.29 bits per heavy atom. The Morgan fingerprint density at radius 3 is 2.67 bits per heavy atom. The molecule has 0 heterocycles. The zero-order valence-electron chi connectivity index (χ0n) is 13.0. The Bertz CT molecular complexity index is 439. The van der Waals surface area contributed by atoms with Crippen molar-refractivity contribution in [3.63, 3.8) is 0 Å². The normalized spacial score (nSPS) is 10.7. The molecule has 0 aromatic heterocycles. The predicted molar refractivity (Wildman–Crippen MR) is 98.1 cm³/mol. The Labute approximate surface area is 144 Å². The van der Waals surface area contributed by atoms with Gasteiger partial charge < -0.3 is 20.5 Å². The van der Waals surface area contributed by atoms with Crippen molar-refractivity contribution in [1.82, 2.24) is 10.6 Å². The van der Waals surface area contributed by atoms with Crippen molar-refractivity contribution < 1.29 is 9.84 Å². The quantitative estimate of drug-likeness (QED) is 0.369. The number of nitrogens with one attached hydrogen (secondary N) is 2. The molecule has 0 amide bonds.